The predicted molar refractivity (Wildman–Crippen MR) is 98.9 cm³/mol. The third-order valence-electron chi connectivity index (χ3n) is 4.06. The van der Waals surface area contributed by atoms with Gasteiger partial charge in [0.15, 0.2) is 0 Å². The zero-order valence-electron chi connectivity index (χ0n) is 15.5. The summed E-state index contributed by atoms with van der Waals surface area (Å²) in [4.78, 5) is 17.9. The first-order valence-electron chi connectivity index (χ1n) is 8.86. The van der Waals surface area contributed by atoms with Crippen LogP contribution in [0.25, 0.3) is 0 Å². The van der Waals surface area contributed by atoms with E-state index in [1.165, 1.54) is 12.8 Å². The van der Waals surface area contributed by atoms with E-state index in [1.807, 2.05) is 6.92 Å². The number of aryl methyl sites for hydroxylation is 1. The van der Waals surface area contributed by atoms with Crippen molar-refractivity contribution in [3.05, 3.63) is 33.9 Å². The highest BCUT2D eigenvalue weighted by atomic mass is 16.6. The topological polar surface area (TPSA) is 58.7 Å². The fourth-order valence-corrected chi connectivity index (χ4v) is 2.91. The highest BCUT2D eigenvalue weighted by molar-refractivity contribution is 5.89. The second-order valence-corrected chi connectivity index (χ2v) is 7.66. The number of nitro benzene ring substituents is 1. The van der Waals surface area contributed by atoms with Gasteiger partial charge in [0, 0.05) is 31.1 Å². The quantitative estimate of drug-likeness (QED) is 0.307. The van der Waals surface area contributed by atoms with Gasteiger partial charge in [-0.25, -0.2) is 4.99 Å². The molecule has 0 heterocycles. The second-order valence-electron chi connectivity index (χ2n) is 7.66. The van der Waals surface area contributed by atoms with Crippen LogP contribution in [0.4, 0.5) is 11.4 Å². The van der Waals surface area contributed by atoms with E-state index in [4.69, 9.17) is 4.99 Å². The van der Waals surface area contributed by atoms with Crippen LogP contribution in [0, 0.1) is 34.8 Å². The number of aliphatic imine (C=N–C) groups is 1. The zero-order chi connectivity index (χ0) is 17.9. The number of benzene rings is 1. The summed E-state index contributed by atoms with van der Waals surface area (Å²) in [7, 11) is 0. The minimum Gasteiger partial charge on any atom is -0.359 e. The molecule has 1 aliphatic carbocycles. The largest absolute Gasteiger partial charge is 0.359 e. The third kappa shape index (κ3) is 5.05. The van der Waals surface area contributed by atoms with Gasteiger partial charge in [-0.05, 0) is 43.2 Å². The molecular weight excluding hydrogens is 302 g/mol. The standard InChI is InChI=1S/C19H29N3O2/c1-13(2)11-21(12-14(3)4)19(16-6-7-16)20-18-9-8-17(22(23)24)10-15(18)5/h8-10,13-14,16H,6-7,11-12H2,1-5H3. The fraction of sp³-hybridized carbons (Fsp3) is 0.632. The predicted octanol–water partition coefficient (Wildman–Crippen LogP) is 4.96. The van der Waals surface area contributed by atoms with Crippen molar-refractivity contribution in [2.45, 2.75) is 47.5 Å². The van der Waals surface area contributed by atoms with Gasteiger partial charge in [0.05, 0.1) is 10.6 Å². The molecule has 0 N–H and O–H groups in total. The maximum Gasteiger partial charge on any atom is 0.269 e. The van der Waals surface area contributed by atoms with E-state index in [9.17, 15) is 10.1 Å². The zero-order valence-corrected chi connectivity index (χ0v) is 15.5. The molecule has 0 unspecified atom stereocenters. The number of nitrogens with zero attached hydrogens (tertiary/aromatic N) is 3. The summed E-state index contributed by atoms with van der Waals surface area (Å²) in [6.45, 7) is 12.8. The van der Waals surface area contributed by atoms with E-state index in [1.54, 1.807) is 18.2 Å². The van der Waals surface area contributed by atoms with Gasteiger partial charge in [-0.3, -0.25) is 10.1 Å². The Morgan fingerprint density at radius 3 is 2.25 bits per heavy atom. The Bertz CT molecular complexity index is 609. The van der Waals surface area contributed by atoms with E-state index >= 15 is 0 Å². The van der Waals surface area contributed by atoms with Gasteiger partial charge < -0.3 is 4.90 Å². The molecule has 0 radical (unpaired) electrons. The van der Waals surface area contributed by atoms with Crippen LogP contribution in [-0.4, -0.2) is 28.7 Å². The molecule has 2 rings (SSSR count). The molecule has 5 heteroatoms. The Balaban J connectivity index is 2.34. The Morgan fingerprint density at radius 1 is 1.25 bits per heavy atom. The maximum absolute atomic E-state index is 10.9. The Hall–Kier alpha value is -1.91. The molecule has 0 atom stereocenters. The van der Waals surface area contributed by atoms with Crippen LogP contribution >= 0.6 is 0 Å². The third-order valence-corrected chi connectivity index (χ3v) is 4.06. The average Bonchev–Trinajstić information content (AvgIpc) is 3.28. The van der Waals surface area contributed by atoms with Crippen molar-refractivity contribution in [1.82, 2.24) is 4.90 Å². The van der Waals surface area contributed by atoms with Crippen molar-refractivity contribution >= 4 is 17.2 Å². The highest BCUT2D eigenvalue weighted by Gasteiger charge is 2.32. The fourth-order valence-electron chi connectivity index (χ4n) is 2.91. The lowest BCUT2D eigenvalue weighted by atomic mass is 10.1. The molecule has 0 aliphatic heterocycles. The first-order chi connectivity index (χ1) is 11.3. The van der Waals surface area contributed by atoms with E-state index in [0.717, 1.165) is 30.2 Å². The summed E-state index contributed by atoms with van der Waals surface area (Å²) >= 11 is 0. The monoisotopic (exact) mass is 331 g/mol. The van der Waals surface area contributed by atoms with Crippen molar-refractivity contribution < 1.29 is 4.92 Å². The van der Waals surface area contributed by atoms with Crippen LogP contribution in [0.1, 0.15) is 46.1 Å². The minimum absolute atomic E-state index is 0.126. The van der Waals surface area contributed by atoms with Gasteiger partial charge in [-0.15, -0.1) is 0 Å². The van der Waals surface area contributed by atoms with Gasteiger partial charge >= 0.3 is 0 Å². The average molecular weight is 331 g/mol. The van der Waals surface area contributed by atoms with Crippen LogP contribution in [0.5, 0.6) is 0 Å². The van der Waals surface area contributed by atoms with Crippen LogP contribution in [-0.2, 0) is 0 Å². The lowest BCUT2D eigenvalue weighted by molar-refractivity contribution is -0.384. The number of non-ortho nitro benzene ring substituents is 1. The van der Waals surface area contributed by atoms with E-state index < -0.39 is 0 Å². The summed E-state index contributed by atoms with van der Waals surface area (Å²) in [5.74, 6) is 2.85. The van der Waals surface area contributed by atoms with Gasteiger partial charge in [-0.1, -0.05) is 27.7 Å². The summed E-state index contributed by atoms with van der Waals surface area (Å²) < 4.78 is 0. The van der Waals surface area contributed by atoms with Crippen LogP contribution < -0.4 is 0 Å². The lowest BCUT2D eigenvalue weighted by Gasteiger charge is -2.30. The smallest absolute Gasteiger partial charge is 0.269 e. The van der Waals surface area contributed by atoms with Crippen molar-refractivity contribution in [2.24, 2.45) is 22.7 Å². The first kappa shape index (κ1) is 18.4. The summed E-state index contributed by atoms with van der Waals surface area (Å²) in [5, 5.41) is 10.9. The molecule has 1 fully saturated rings. The molecule has 1 aliphatic rings. The molecule has 0 spiro atoms. The number of hydrogen-bond acceptors (Lipinski definition) is 3. The second kappa shape index (κ2) is 7.77. The molecule has 24 heavy (non-hydrogen) atoms. The molecule has 0 aromatic heterocycles. The Kier molecular flexibility index (Phi) is 5.97. The van der Waals surface area contributed by atoms with Crippen molar-refractivity contribution in [1.29, 1.82) is 0 Å². The van der Waals surface area contributed by atoms with E-state index in [2.05, 4.69) is 32.6 Å². The number of nitro groups is 1. The van der Waals surface area contributed by atoms with Gasteiger partial charge in [-0.2, -0.15) is 0 Å². The molecule has 1 aromatic rings. The molecule has 0 amide bonds. The minimum atomic E-state index is -0.355. The molecule has 1 aromatic carbocycles. The van der Waals surface area contributed by atoms with Crippen molar-refractivity contribution in [2.75, 3.05) is 13.1 Å². The summed E-state index contributed by atoms with van der Waals surface area (Å²) in [6.07, 6.45) is 2.38. The Morgan fingerprint density at radius 2 is 1.83 bits per heavy atom. The summed E-state index contributed by atoms with van der Waals surface area (Å²) in [5.41, 5.74) is 1.83. The van der Waals surface area contributed by atoms with Crippen LogP contribution in [0.2, 0.25) is 0 Å². The van der Waals surface area contributed by atoms with Gasteiger partial charge in [0.2, 0.25) is 0 Å². The summed E-state index contributed by atoms with van der Waals surface area (Å²) in [6, 6.07) is 4.93. The van der Waals surface area contributed by atoms with Crippen LogP contribution in [0.3, 0.4) is 0 Å². The molecule has 0 saturated heterocycles. The van der Waals surface area contributed by atoms with Crippen molar-refractivity contribution in [3.63, 3.8) is 0 Å². The molecule has 5 nitrogen and oxygen atoms in total. The van der Waals surface area contributed by atoms with Gasteiger partial charge in [0.1, 0.15) is 5.84 Å². The number of hydrogen-bond donors (Lipinski definition) is 0. The normalized spacial score (nSPS) is 15.2. The number of rotatable bonds is 7. The number of amidine groups is 1. The first-order valence-corrected chi connectivity index (χ1v) is 8.86. The lowest BCUT2D eigenvalue weighted by Crippen LogP contribution is -2.38. The van der Waals surface area contributed by atoms with Crippen LogP contribution in [0.15, 0.2) is 23.2 Å². The molecular formula is C19H29N3O2. The van der Waals surface area contributed by atoms with E-state index in [0.29, 0.717) is 17.8 Å². The molecule has 1 saturated carbocycles. The molecule has 0 bridgehead atoms. The van der Waals surface area contributed by atoms with Gasteiger partial charge in [0.25, 0.3) is 5.69 Å². The molecule has 132 valence electrons. The maximum atomic E-state index is 10.9. The van der Waals surface area contributed by atoms with E-state index in [-0.39, 0.29) is 10.6 Å². The Labute approximate surface area is 144 Å². The van der Waals surface area contributed by atoms with Crippen molar-refractivity contribution in [3.8, 4) is 0 Å². The SMILES string of the molecule is Cc1cc([N+](=O)[O-])ccc1N=C(C1CC1)N(CC(C)C)CC(C)C. The highest BCUT2D eigenvalue weighted by Crippen LogP contribution is 2.35.